The second kappa shape index (κ2) is 9.62. The zero-order valence-corrected chi connectivity index (χ0v) is 16.3. The van der Waals surface area contributed by atoms with Crippen LogP contribution in [-0.2, 0) is 17.6 Å². The fraction of sp³-hybridized carbons (Fsp3) is 0.364. The van der Waals surface area contributed by atoms with Gasteiger partial charge in [-0.3, -0.25) is 4.98 Å². The monoisotopic (exact) mass is 424 g/mol. The zero-order chi connectivity index (χ0) is 18.8. The first-order chi connectivity index (χ1) is 13.2. The molecule has 1 saturated heterocycles. The Morgan fingerprint density at radius 3 is 2.64 bits per heavy atom. The minimum atomic E-state index is -0.215. The number of ether oxygens (including phenoxy) is 1. The third-order valence-electron chi connectivity index (χ3n) is 5.37. The van der Waals surface area contributed by atoms with Crippen molar-refractivity contribution in [3.8, 4) is 0 Å². The molecule has 144 valence electrons. The van der Waals surface area contributed by atoms with E-state index >= 15 is 0 Å². The van der Waals surface area contributed by atoms with Gasteiger partial charge in [0.05, 0.1) is 12.3 Å². The first-order valence-corrected chi connectivity index (χ1v) is 9.92. The number of benzene rings is 1. The van der Waals surface area contributed by atoms with Crippen LogP contribution >= 0.6 is 11.6 Å². The maximum absolute atomic E-state index is 12.0. The van der Waals surface area contributed by atoms with E-state index in [1.165, 1.54) is 27.8 Å². The molecule has 4 nitrogen and oxygen atoms in total. The Balaban J connectivity index is 0.00000225. The summed E-state index contributed by atoms with van der Waals surface area (Å²) in [5, 5.41) is 0.772. The Bertz CT molecular complexity index is 903. The van der Waals surface area contributed by atoms with E-state index in [1.807, 2.05) is 25.3 Å². The third-order valence-corrected chi connectivity index (χ3v) is 5.61. The van der Waals surface area contributed by atoms with Gasteiger partial charge in [-0.25, -0.2) is 4.79 Å². The summed E-state index contributed by atoms with van der Waals surface area (Å²) in [4.78, 5) is 18.6. The van der Waals surface area contributed by atoms with E-state index in [1.54, 1.807) is 4.90 Å². The van der Waals surface area contributed by atoms with Crippen LogP contribution in [0, 0.1) is 0 Å². The predicted octanol–water partition coefficient (Wildman–Crippen LogP) is 3.97. The first kappa shape index (κ1) is 21.6. The number of piperidine rings is 1. The molecule has 0 bridgehead atoms. The molecule has 0 unspecified atom stereocenters. The van der Waals surface area contributed by atoms with Crippen LogP contribution in [0.5, 0.6) is 0 Å². The van der Waals surface area contributed by atoms with Crippen LogP contribution in [0.3, 0.4) is 0 Å². The Morgan fingerprint density at radius 2 is 1.89 bits per heavy atom. The fourth-order valence-corrected chi connectivity index (χ4v) is 4.25. The zero-order valence-electron chi connectivity index (χ0n) is 15.5. The quantitative estimate of drug-likeness (QED) is 0.650. The molecule has 1 aliphatic heterocycles. The minimum absolute atomic E-state index is 0. The molecule has 0 atom stereocenters. The van der Waals surface area contributed by atoms with Crippen LogP contribution in [0.2, 0.25) is 5.02 Å². The van der Waals surface area contributed by atoms with Crippen molar-refractivity contribution >= 4 is 61.0 Å². The van der Waals surface area contributed by atoms with E-state index in [0.717, 1.165) is 36.4 Å². The van der Waals surface area contributed by atoms with E-state index in [0.29, 0.717) is 19.7 Å². The summed E-state index contributed by atoms with van der Waals surface area (Å²) in [6.45, 7) is 3.62. The number of aryl methyl sites for hydroxylation is 2. The summed E-state index contributed by atoms with van der Waals surface area (Å²) in [6, 6.07) is 10.3. The van der Waals surface area contributed by atoms with Crippen LogP contribution in [0.4, 0.5) is 4.79 Å². The van der Waals surface area contributed by atoms with Crippen molar-refractivity contribution in [2.24, 2.45) is 0 Å². The molecule has 2 heterocycles. The molecule has 0 radical (unpaired) electrons. The molecule has 1 fully saturated rings. The number of pyridine rings is 1. The predicted molar refractivity (Wildman–Crippen MR) is 115 cm³/mol. The van der Waals surface area contributed by atoms with Gasteiger partial charge in [0.1, 0.15) is 0 Å². The Kier molecular flexibility index (Phi) is 7.43. The maximum atomic E-state index is 12.0. The molecule has 0 saturated carbocycles. The standard InChI is InChI=1S/C22H23ClN2O2.Ca.2H/c1-2-27-22(26)25-12-9-15(10-13-25)20-19-8-7-18(23)14-17(19)6-5-16-4-3-11-24-21(16)20;;;/h3-4,7-8,11,14H,2,5-6,9-10,12-13H2,1H3;;;. The number of carbonyl (C=O) groups is 1. The number of hydrogen-bond donors (Lipinski definition) is 0. The van der Waals surface area contributed by atoms with E-state index in [9.17, 15) is 4.79 Å². The van der Waals surface area contributed by atoms with Crippen molar-refractivity contribution in [1.82, 2.24) is 9.88 Å². The Hall–Kier alpha value is -1.07. The molecule has 28 heavy (non-hydrogen) atoms. The number of halogens is 1. The Morgan fingerprint density at radius 1 is 1.14 bits per heavy atom. The van der Waals surface area contributed by atoms with E-state index < -0.39 is 0 Å². The van der Waals surface area contributed by atoms with Crippen molar-refractivity contribution in [3.63, 3.8) is 0 Å². The van der Waals surface area contributed by atoms with Gasteiger partial charge in [-0.2, -0.15) is 0 Å². The molecule has 4 rings (SSSR count). The van der Waals surface area contributed by atoms with E-state index in [4.69, 9.17) is 21.3 Å². The van der Waals surface area contributed by atoms with Crippen LogP contribution in [-0.4, -0.2) is 73.4 Å². The SMILES string of the molecule is CCOC(=O)N1CCC(=C2c3ccc(Cl)cc3CCc3cccnc32)CC1.[CaH2]. The molecule has 0 spiro atoms. The number of carbonyl (C=O) groups excluding carboxylic acids is 1. The fourth-order valence-electron chi connectivity index (χ4n) is 4.06. The van der Waals surface area contributed by atoms with Crippen molar-refractivity contribution in [2.75, 3.05) is 19.7 Å². The number of hydrogen-bond acceptors (Lipinski definition) is 3. The van der Waals surface area contributed by atoms with Crippen LogP contribution in [0.15, 0.2) is 42.1 Å². The molecule has 6 heteroatoms. The average molecular weight is 425 g/mol. The number of likely N-dealkylation sites (tertiary alicyclic amines) is 1. The van der Waals surface area contributed by atoms with Gasteiger partial charge < -0.3 is 9.64 Å². The second-order valence-electron chi connectivity index (χ2n) is 6.98. The molecule has 1 aromatic heterocycles. The molecule has 1 amide bonds. The molecular weight excluding hydrogens is 400 g/mol. The number of nitrogens with zero attached hydrogens (tertiary/aromatic N) is 2. The summed E-state index contributed by atoms with van der Waals surface area (Å²) >= 11 is 6.27. The first-order valence-electron chi connectivity index (χ1n) is 9.54. The summed E-state index contributed by atoms with van der Waals surface area (Å²) in [5.74, 6) is 0. The molecule has 1 aliphatic carbocycles. The van der Waals surface area contributed by atoms with Crippen molar-refractivity contribution in [3.05, 3.63) is 69.5 Å². The molecule has 2 aromatic rings. The molecular formula is C22H25CaClN2O2. The van der Waals surface area contributed by atoms with E-state index in [-0.39, 0.29) is 43.8 Å². The summed E-state index contributed by atoms with van der Waals surface area (Å²) in [5.41, 5.74) is 7.46. The van der Waals surface area contributed by atoms with Gasteiger partial charge in [-0.1, -0.05) is 29.3 Å². The van der Waals surface area contributed by atoms with Crippen molar-refractivity contribution < 1.29 is 9.53 Å². The number of rotatable bonds is 1. The van der Waals surface area contributed by atoms with Gasteiger partial charge in [-0.15, -0.1) is 0 Å². The second-order valence-corrected chi connectivity index (χ2v) is 7.41. The number of amides is 1. The third kappa shape index (κ3) is 4.40. The molecule has 1 aromatic carbocycles. The Labute approximate surface area is 200 Å². The van der Waals surface area contributed by atoms with Gasteiger partial charge in [0.25, 0.3) is 0 Å². The van der Waals surface area contributed by atoms with Gasteiger partial charge in [0.15, 0.2) is 0 Å². The number of fused-ring (bicyclic) bond motifs is 2. The number of aromatic nitrogens is 1. The van der Waals surface area contributed by atoms with Gasteiger partial charge >= 0.3 is 43.8 Å². The van der Waals surface area contributed by atoms with Gasteiger partial charge in [0, 0.05) is 29.9 Å². The van der Waals surface area contributed by atoms with Crippen LogP contribution in [0.25, 0.3) is 5.57 Å². The van der Waals surface area contributed by atoms with Gasteiger partial charge in [-0.05, 0) is 67.5 Å². The molecule has 0 N–H and O–H groups in total. The summed E-state index contributed by atoms with van der Waals surface area (Å²) < 4.78 is 5.15. The van der Waals surface area contributed by atoms with Gasteiger partial charge in [0.2, 0.25) is 0 Å². The average Bonchev–Trinajstić information content (AvgIpc) is 2.85. The normalized spacial score (nSPS) is 15.9. The summed E-state index contributed by atoms with van der Waals surface area (Å²) in [6.07, 6.45) is 5.25. The summed E-state index contributed by atoms with van der Waals surface area (Å²) in [7, 11) is 0. The molecule has 2 aliphatic rings. The topological polar surface area (TPSA) is 42.4 Å². The van der Waals surface area contributed by atoms with E-state index in [2.05, 4.69) is 18.2 Å². The van der Waals surface area contributed by atoms with Crippen molar-refractivity contribution in [2.45, 2.75) is 32.6 Å². The van der Waals surface area contributed by atoms with Crippen molar-refractivity contribution in [1.29, 1.82) is 0 Å². The van der Waals surface area contributed by atoms with Crippen LogP contribution < -0.4 is 0 Å². The van der Waals surface area contributed by atoms with Crippen LogP contribution in [0.1, 0.15) is 42.1 Å².